The first-order valence-corrected chi connectivity index (χ1v) is 9.28. The van der Waals surface area contributed by atoms with Gasteiger partial charge >= 0.3 is 5.97 Å². The zero-order chi connectivity index (χ0) is 21.3. The van der Waals surface area contributed by atoms with Crippen LogP contribution < -0.4 is 15.4 Å². The van der Waals surface area contributed by atoms with Crippen LogP contribution in [0, 0.1) is 6.92 Å². The summed E-state index contributed by atoms with van der Waals surface area (Å²) in [6.07, 6.45) is 2.97. The third-order valence-corrected chi connectivity index (χ3v) is 4.88. The molecule has 1 atom stereocenters. The van der Waals surface area contributed by atoms with Gasteiger partial charge in [0.15, 0.2) is 0 Å². The normalized spacial score (nSPS) is 14.9. The van der Waals surface area contributed by atoms with Crippen molar-refractivity contribution < 1.29 is 19.4 Å². The van der Waals surface area contributed by atoms with Crippen LogP contribution in [0.3, 0.4) is 0 Å². The zero-order valence-electron chi connectivity index (χ0n) is 16.4. The molecule has 1 unspecified atom stereocenters. The van der Waals surface area contributed by atoms with E-state index in [1.165, 1.54) is 6.20 Å². The van der Waals surface area contributed by atoms with E-state index in [1.54, 1.807) is 36.1 Å². The first-order chi connectivity index (χ1) is 14.5. The Morgan fingerprint density at radius 3 is 2.60 bits per heavy atom. The minimum atomic E-state index is -1.13. The molecule has 1 amide bonds. The Balaban J connectivity index is 1.74. The maximum atomic E-state index is 12.9. The molecule has 30 heavy (non-hydrogen) atoms. The molecule has 152 valence electrons. The number of carbonyl (C=O) groups excluding carboxylic acids is 1. The number of hydrogen-bond donors (Lipinski definition) is 3. The fourth-order valence-corrected chi connectivity index (χ4v) is 3.35. The summed E-state index contributed by atoms with van der Waals surface area (Å²) in [6, 6.07) is 14.1. The fraction of sp³-hybridized carbons (Fsp3) is 0.136. The van der Waals surface area contributed by atoms with Gasteiger partial charge in [-0.2, -0.15) is 5.10 Å². The number of ether oxygens (including phenoxy) is 1. The molecular weight excluding hydrogens is 384 g/mol. The molecule has 1 aromatic heterocycles. The summed E-state index contributed by atoms with van der Waals surface area (Å²) in [5, 5.41) is 19.6. The number of aliphatic carboxylic acids is 1. The molecule has 1 aliphatic heterocycles. The number of methoxy groups -OCH3 is 1. The van der Waals surface area contributed by atoms with E-state index in [9.17, 15) is 14.7 Å². The molecule has 0 radical (unpaired) electrons. The highest BCUT2D eigenvalue weighted by Crippen LogP contribution is 2.36. The van der Waals surface area contributed by atoms with Gasteiger partial charge in [0.05, 0.1) is 13.3 Å². The van der Waals surface area contributed by atoms with Gasteiger partial charge in [0.1, 0.15) is 28.9 Å². The molecule has 2 heterocycles. The SMILES string of the molecule is COc1ccccc1C1C=C(C(=O)O)Nc2c(C(=O)Nc3ccc(C)cc3)cnn21. The number of amides is 1. The van der Waals surface area contributed by atoms with Gasteiger partial charge in [-0.15, -0.1) is 0 Å². The Bertz CT molecular complexity index is 1150. The number of aryl methyl sites for hydroxylation is 1. The minimum absolute atomic E-state index is 0.0386. The average Bonchev–Trinajstić information content (AvgIpc) is 3.19. The fourth-order valence-electron chi connectivity index (χ4n) is 3.35. The van der Waals surface area contributed by atoms with Crippen molar-refractivity contribution in [2.24, 2.45) is 0 Å². The lowest BCUT2D eigenvalue weighted by molar-refractivity contribution is -0.132. The van der Waals surface area contributed by atoms with Crippen LogP contribution >= 0.6 is 0 Å². The van der Waals surface area contributed by atoms with Crippen LogP contribution in [-0.4, -0.2) is 33.9 Å². The number of para-hydroxylation sites is 1. The number of allylic oxidation sites excluding steroid dienone is 1. The quantitative estimate of drug-likeness (QED) is 0.602. The van der Waals surface area contributed by atoms with Crippen molar-refractivity contribution in [1.82, 2.24) is 9.78 Å². The highest BCUT2D eigenvalue weighted by Gasteiger charge is 2.30. The first kappa shape index (κ1) is 19.3. The predicted molar refractivity (Wildman–Crippen MR) is 112 cm³/mol. The van der Waals surface area contributed by atoms with Crippen LogP contribution in [0.1, 0.15) is 27.5 Å². The van der Waals surface area contributed by atoms with Crippen LogP contribution in [0.4, 0.5) is 11.5 Å². The molecule has 0 fully saturated rings. The van der Waals surface area contributed by atoms with Gasteiger partial charge < -0.3 is 20.5 Å². The summed E-state index contributed by atoms with van der Waals surface area (Å²) in [7, 11) is 1.55. The highest BCUT2D eigenvalue weighted by molar-refractivity contribution is 6.08. The Morgan fingerprint density at radius 2 is 1.90 bits per heavy atom. The van der Waals surface area contributed by atoms with E-state index in [2.05, 4.69) is 15.7 Å². The number of hydrogen-bond acceptors (Lipinski definition) is 5. The number of fused-ring (bicyclic) bond motifs is 1. The maximum absolute atomic E-state index is 12.9. The van der Waals surface area contributed by atoms with Crippen molar-refractivity contribution >= 4 is 23.4 Å². The van der Waals surface area contributed by atoms with Crippen LogP contribution in [0.15, 0.2) is 66.5 Å². The molecule has 3 N–H and O–H groups in total. The third-order valence-electron chi connectivity index (χ3n) is 4.88. The Morgan fingerprint density at radius 1 is 1.17 bits per heavy atom. The van der Waals surface area contributed by atoms with E-state index < -0.39 is 17.9 Å². The molecule has 0 saturated carbocycles. The average molecular weight is 404 g/mol. The Hall–Kier alpha value is -4.07. The van der Waals surface area contributed by atoms with Gasteiger partial charge in [-0.05, 0) is 31.2 Å². The second-order valence-corrected chi connectivity index (χ2v) is 6.87. The second kappa shape index (κ2) is 7.75. The number of anilines is 2. The number of nitrogens with one attached hydrogen (secondary N) is 2. The summed E-state index contributed by atoms with van der Waals surface area (Å²) >= 11 is 0. The molecule has 8 nitrogen and oxygen atoms in total. The van der Waals surface area contributed by atoms with Crippen molar-refractivity contribution in [2.75, 3.05) is 17.7 Å². The second-order valence-electron chi connectivity index (χ2n) is 6.87. The van der Waals surface area contributed by atoms with Crippen molar-refractivity contribution in [3.05, 3.63) is 83.2 Å². The minimum Gasteiger partial charge on any atom is -0.496 e. The van der Waals surface area contributed by atoms with Crippen molar-refractivity contribution in [3.8, 4) is 5.75 Å². The monoisotopic (exact) mass is 404 g/mol. The van der Waals surface area contributed by atoms with Crippen LogP contribution in [0.2, 0.25) is 0 Å². The van der Waals surface area contributed by atoms with Crippen LogP contribution in [0.5, 0.6) is 5.75 Å². The molecule has 0 spiro atoms. The van der Waals surface area contributed by atoms with Crippen molar-refractivity contribution in [2.45, 2.75) is 13.0 Å². The number of rotatable bonds is 5. The van der Waals surface area contributed by atoms with Gasteiger partial charge in [-0.1, -0.05) is 35.9 Å². The van der Waals surface area contributed by atoms with E-state index in [0.29, 0.717) is 17.3 Å². The molecule has 8 heteroatoms. The Kier molecular flexibility index (Phi) is 4.97. The van der Waals surface area contributed by atoms with Gasteiger partial charge in [-0.25, -0.2) is 9.48 Å². The number of carbonyl (C=O) groups is 2. The van der Waals surface area contributed by atoms with E-state index >= 15 is 0 Å². The van der Waals surface area contributed by atoms with Gasteiger partial charge in [-0.3, -0.25) is 4.79 Å². The maximum Gasteiger partial charge on any atom is 0.352 e. The molecule has 4 rings (SSSR count). The summed E-state index contributed by atoms with van der Waals surface area (Å²) in [5.41, 5.74) is 2.64. The first-order valence-electron chi connectivity index (χ1n) is 9.28. The highest BCUT2D eigenvalue weighted by atomic mass is 16.5. The van der Waals surface area contributed by atoms with Crippen LogP contribution in [0.25, 0.3) is 0 Å². The lowest BCUT2D eigenvalue weighted by atomic mass is 10.0. The Labute approximate surface area is 172 Å². The van der Waals surface area contributed by atoms with Crippen molar-refractivity contribution in [3.63, 3.8) is 0 Å². The molecular formula is C22H20N4O4. The number of carboxylic acids is 1. The number of carboxylic acid groups (broad SMARTS) is 1. The lowest BCUT2D eigenvalue weighted by Gasteiger charge is -2.25. The van der Waals surface area contributed by atoms with Gasteiger partial charge in [0.2, 0.25) is 0 Å². The van der Waals surface area contributed by atoms with Crippen molar-refractivity contribution in [1.29, 1.82) is 0 Å². The largest absolute Gasteiger partial charge is 0.496 e. The van der Waals surface area contributed by atoms with E-state index in [-0.39, 0.29) is 11.3 Å². The standard InChI is InChI=1S/C22H20N4O4/c1-13-7-9-14(10-8-13)24-21(27)16-12-23-26-18(11-17(22(28)29)25-20(16)26)15-5-3-4-6-19(15)30-2/h3-12,18,25H,1-2H3,(H,24,27)(H,28,29). The smallest absolute Gasteiger partial charge is 0.352 e. The lowest BCUT2D eigenvalue weighted by Crippen LogP contribution is -2.26. The van der Waals surface area contributed by atoms with E-state index in [0.717, 1.165) is 11.1 Å². The molecule has 1 aliphatic rings. The van der Waals surface area contributed by atoms with Crippen LogP contribution in [-0.2, 0) is 4.79 Å². The summed E-state index contributed by atoms with van der Waals surface area (Å²) < 4.78 is 7.01. The van der Waals surface area contributed by atoms with E-state index in [4.69, 9.17) is 4.74 Å². The molecule has 3 aromatic rings. The number of benzene rings is 2. The predicted octanol–water partition coefficient (Wildman–Crippen LogP) is 3.44. The summed E-state index contributed by atoms with van der Waals surface area (Å²) in [6.45, 7) is 1.96. The molecule has 2 aromatic carbocycles. The topological polar surface area (TPSA) is 105 Å². The molecule has 0 saturated heterocycles. The third kappa shape index (κ3) is 3.50. The van der Waals surface area contributed by atoms with E-state index in [1.807, 2.05) is 37.3 Å². The van der Waals surface area contributed by atoms with Gasteiger partial charge in [0, 0.05) is 11.3 Å². The summed E-state index contributed by atoms with van der Waals surface area (Å²) in [4.78, 5) is 24.6. The zero-order valence-corrected chi connectivity index (χ0v) is 16.4. The molecule has 0 aliphatic carbocycles. The number of nitrogens with zero attached hydrogens (tertiary/aromatic N) is 2. The number of aromatic nitrogens is 2. The summed E-state index contributed by atoms with van der Waals surface area (Å²) in [5.74, 6) is -0.627. The molecule has 0 bridgehead atoms. The van der Waals surface area contributed by atoms with Gasteiger partial charge in [0.25, 0.3) is 5.91 Å².